The summed E-state index contributed by atoms with van der Waals surface area (Å²) in [4.78, 5) is 0. The molecule has 1 rings (SSSR count). The Morgan fingerprint density at radius 1 is 1.00 bits per heavy atom. The van der Waals surface area contributed by atoms with Gasteiger partial charge in [0.25, 0.3) is 0 Å². The van der Waals surface area contributed by atoms with Gasteiger partial charge in [0.15, 0.2) is 0 Å². The summed E-state index contributed by atoms with van der Waals surface area (Å²) < 4.78 is 12.2. The molecule has 0 radical (unpaired) electrons. The maximum absolute atomic E-state index is 6.22. The molecular formula is C30H46O2. The predicted octanol–water partition coefficient (Wildman–Crippen LogP) is 8.70. The van der Waals surface area contributed by atoms with Crippen molar-refractivity contribution < 1.29 is 9.47 Å². The van der Waals surface area contributed by atoms with Crippen molar-refractivity contribution in [2.24, 2.45) is 5.92 Å². The third-order valence-electron chi connectivity index (χ3n) is 6.02. The lowest BCUT2D eigenvalue weighted by atomic mass is 9.86. The largest absolute Gasteiger partial charge is 0.496 e. The summed E-state index contributed by atoms with van der Waals surface area (Å²) in [6.45, 7) is 30.2. The zero-order valence-corrected chi connectivity index (χ0v) is 22.0. The first-order valence-electron chi connectivity index (χ1n) is 12.1. The van der Waals surface area contributed by atoms with E-state index in [0.717, 1.165) is 49.2 Å². The van der Waals surface area contributed by atoms with Crippen molar-refractivity contribution in [3.05, 3.63) is 71.0 Å². The summed E-state index contributed by atoms with van der Waals surface area (Å²) in [7, 11) is 0. The first-order chi connectivity index (χ1) is 15.0. The Balaban J connectivity index is 3.07. The van der Waals surface area contributed by atoms with E-state index in [0.29, 0.717) is 12.5 Å². The molecule has 1 aromatic carbocycles. The van der Waals surface area contributed by atoms with Crippen LogP contribution in [0.5, 0.6) is 5.75 Å². The van der Waals surface area contributed by atoms with E-state index in [2.05, 4.69) is 81.2 Å². The second-order valence-corrected chi connectivity index (χ2v) is 9.50. The zero-order valence-electron chi connectivity index (χ0n) is 22.0. The van der Waals surface area contributed by atoms with Gasteiger partial charge in [0.1, 0.15) is 12.4 Å². The highest BCUT2D eigenvalue weighted by atomic mass is 16.5. The lowest BCUT2D eigenvalue weighted by Gasteiger charge is -2.23. The minimum absolute atomic E-state index is 0.222. The highest BCUT2D eigenvalue weighted by molar-refractivity contribution is 5.74. The van der Waals surface area contributed by atoms with Crippen molar-refractivity contribution in [3.63, 3.8) is 0 Å². The average Bonchev–Trinajstić information content (AvgIpc) is 2.70. The Morgan fingerprint density at radius 2 is 1.62 bits per heavy atom. The quantitative estimate of drug-likeness (QED) is 0.214. The van der Waals surface area contributed by atoms with Crippen molar-refractivity contribution >= 4 is 5.57 Å². The molecule has 0 N–H and O–H groups in total. The fraction of sp³-hybridized carbons (Fsp3) is 0.533. The summed E-state index contributed by atoms with van der Waals surface area (Å²) in [6.07, 6.45) is 9.01. The second kappa shape index (κ2) is 13.4. The lowest BCUT2D eigenvalue weighted by Crippen LogP contribution is -2.10. The normalized spacial score (nSPS) is 12.6. The highest BCUT2D eigenvalue weighted by Gasteiger charge is 2.20. The number of ether oxygens (including phenoxy) is 2. The predicted molar refractivity (Wildman–Crippen MR) is 142 cm³/mol. The average molecular weight is 439 g/mol. The van der Waals surface area contributed by atoms with E-state index in [9.17, 15) is 0 Å². The minimum Gasteiger partial charge on any atom is -0.496 e. The van der Waals surface area contributed by atoms with Gasteiger partial charge in [-0.1, -0.05) is 58.2 Å². The van der Waals surface area contributed by atoms with Crippen LogP contribution in [0, 0.1) is 19.8 Å². The van der Waals surface area contributed by atoms with Crippen LogP contribution in [0.3, 0.4) is 0 Å². The van der Waals surface area contributed by atoms with Gasteiger partial charge >= 0.3 is 0 Å². The van der Waals surface area contributed by atoms with E-state index in [1.54, 1.807) is 6.08 Å². The highest BCUT2D eigenvalue weighted by Crippen LogP contribution is 2.38. The Morgan fingerprint density at radius 3 is 2.16 bits per heavy atom. The van der Waals surface area contributed by atoms with Crippen LogP contribution in [-0.2, 0) is 17.6 Å². The molecule has 0 aliphatic carbocycles. The molecule has 178 valence electrons. The van der Waals surface area contributed by atoms with E-state index in [1.165, 1.54) is 33.4 Å². The van der Waals surface area contributed by atoms with Gasteiger partial charge in [0.2, 0.25) is 0 Å². The third-order valence-corrected chi connectivity index (χ3v) is 6.02. The monoisotopic (exact) mass is 438 g/mol. The van der Waals surface area contributed by atoms with Crippen LogP contribution in [0.25, 0.3) is 5.57 Å². The van der Waals surface area contributed by atoms with Crippen LogP contribution < -0.4 is 4.74 Å². The molecule has 1 aromatic rings. The molecule has 2 heteroatoms. The van der Waals surface area contributed by atoms with Gasteiger partial charge in [-0.05, 0) is 88.5 Å². The number of allylic oxidation sites excluding steroid dienone is 4. The number of benzene rings is 1. The summed E-state index contributed by atoms with van der Waals surface area (Å²) in [5, 5.41) is 0. The standard InChI is InChI=1S/C30H46O2/c1-12-18-31-30-28(26(11)25(10)27(13-2)29(30)21(5)6)17-15-22(7)14-16-23(8)32-24(9)19-20(3)4/h12,15,20,24H,1,5,8,13-14,16-19H2,2-4,6-7,9-11H3/b22-15+. The van der Waals surface area contributed by atoms with E-state index < -0.39 is 0 Å². The number of rotatable bonds is 14. The molecule has 0 spiro atoms. The maximum Gasteiger partial charge on any atom is 0.131 e. The Hall–Kier alpha value is -2.22. The molecular weight excluding hydrogens is 392 g/mol. The molecule has 0 heterocycles. The lowest BCUT2D eigenvalue weighted by molar-refractivity contribution is 0.107. The molecule has 2 nitrogen and oxygen atoms in total. The molecule has 0 aliphatic heterocycles. The van der Waals surface area contributed by atoms with Crippen molar-refractivity contribution in [1.82, 2.24) is 0 Å². The van der Waals surface area contributed by atoms with E-state index in [4.69, 9.17) is 9.47 Å². The third kappa shape index (κ3) is 8.04. The van der Waals surface area contributed by atoms with Gasteiger partial charge in [-0.3, -0.25) is 0 Å². The van der Waals surface area contributed by atoms with Gasteiger partial charge < -0.3 is 9.47 Å². The first kappa shape index (κ1) is 27.8. The molecule has 0 aliphatic rings. The summed E-state index contributed by atoms with van der Waals surface area (Å²) in [5.41, 5.74) is 8.80. The van der Waals surface area contributed by atoms with Gasteiger partial charge in [0, 0.05) is 17.5 Å². The Bertz CT molecular complexity index is 839. The van der Waals surface area contributed by atoms with Crippen molar-refractivity contribution in [2.45, 2.75) is 93.6 Å². The van der Waals surface area contributed by atoms with Crippen LogP contribution in [-0.4, -0.2) is 12.7 Å². The van der Waals surface area contributed by atoms with Crippen molar-refractivity contribution in [3.8, 4) is 5.75 Å². The van der Waals surface area contributed by atoms with Crippen LogP contribution in [0.15, 0.2) is 43.2 Å². The van der Waals surface area contributed by atoms with Crippen LogP contribution >= 0.6 is 0 Å². The van der Waals surface area contributed by atoms with Crippen molar-refractivity contribution in [1.29, 1.82) is 0 Å². The summed E-state index contributed by atoms with van der Waals surface area (Å²) in [5.74, 6) is 2.48. The molecule has 0 aromatic heterocycles. The molecule has 0 saturated carbocycles. The fourth-order valence-corrected chi connectivity index (χ4v) is 4.31. The van der Waals surface area contributed by atoms with Gasteiger partial charge in [-0.15, -0.1) is 0 Å². The Labute approximate surface area is 198 Å². The fourth-order valence-electron chi connectivity index (χ4n) is 4.31. The van der Waals surface area contributed by atoms with Gasteiger partial charge in [-0.25, -0.2) is 0 Å². The van der Waals surface area contributed by atoms with Crippen LogP contribution in [0.4, 0.5) is 0 Å². The van der Waals surface area contributed by atoms with E-state index in [1.807, 2.05) is 0 Å². The van der Waals surface area contributed by atoms with E-state index >= 15 is 0 Å². The van der Waals surface area contributed by atoms with Crippen molar-refractivity contribution in [2.75, 3.05) is 6.61 Å². The maximum atomic E-state index is 6.22. The molecule has 0 amide bonds. The number of hydrogen-bond donors (Lipinski definition) is 0. The van der Waals surface area contributed by atoms with Gasteiger partial charge in [0.05, 0.1) is 11.9 Å². The second-order valence-electron chi connectivity index (χ2n) is 9.50. The molecule has 32 heavy (non-hydrogen) atoms. The summed E-state index contributed by atoms with van der Waals surface area (Å²) in [6, 6.07) is 0. The topological polar surface area (TPSA) is 18.5 Å². The SMILES string of the molecule is C=CCOc1c(C/C=C(\C)CCC(=C)OC(C)CC(C)C)c(C)c(C)c(CC)c1C(=C)C. The molecule has 1 unspecified atom stereocenters. The van der Waals surface area contributed by atoms with Gasteiger partial charge in [-0.2, -0.15) is 0 Å². The smallest absolute Gasteiger partial charge is 0.131 e. The minimum atomic E-state index is 0.222. The van der Waals surface area contributed by atoms with E-state index in [-0.39, 0.29) is 6.10 Å². The molecule has 0 saturated heterocycles. The first-order valence-corrected chi connectivity index (χ1v) is 12.1. The molecule has 0 bridgehead atoms. The molecule has 1 atom stereocenters. The zero-order chi connectivity index (χ0) is 24.4. The molecule has 0 fully saturated rings. The summed E-state index contributed by atoms with van der Waals surface area (Å²) >= 11 is 0. The Kier molecular flexibility index (Phi) is 11.6. The van der Waals surface area contributed by atoms with Crippen LogP contribution in [0.1, 0.15) is 88.6 Å². The van der Waals surface area contributed by atoms with Crippen LogP contribution in [0.2, 0.25) is 0 Å². The number of hydrogen-bond acceptors (Lipinski definition) is 2.